The molecule has 9 unspecified atom stereocenters. The quantitative estimate of drug-likeness (QED) is 0.543. The number of hydrogen-bond acceptors (Lipinski definition) is 6. The molecule has 0 radical (unpaired) electrons. The van der Waals surface area contributed by atoms with E-state index in [4.69, 9.17) is 9.47 Å². The van der Waals surface area contributed by atoms with Crippen LogP contribution in [0, 0.1) is 29.6 Å². The summed E-state index contributed by atoms with van der Waals surface area (Å²) >= 11 is 0. The number of aliphatic hydroxyl groups excluding tert-OH is 2. The molecule has 0 spiro atoms. The third-order valence-corrected chi connectivity index (χ3v) is 9.70. The number of likely N-dealkylation sites (tertiary alicyclic amines) is 1. The third-order valence-electron chi connectivity index (χ3n) is 9.70. The maximum Gasteiger partial charge on any atom is 0.230 e. The Morgan fingerprint density at radius 1 is 1.03 bits per heavy atom. The summed E-state index contributed by atoms with van der Waals surface area (Å²) in [7, 11) is 0. The number of nitrogens with zero attached hydrogens (tertiary/aromatic N) is 1. The van der Waals surface area contributed by atoms with Crippen molar-refractivity contribution in [2.75, 3.05) is 32.9 Å². The Balaban J connectivity index is 1.25. The molecule has 5 fully saturated rings. The summed E-state index contributed by atoms with van der Waals surface area (Å²) in [6.07, 6.45) is 9.16. The SMILES string of the molecule is CC1C(O)CC(O)C(C(=O)N2CC3CCCC(NC4CCOC4)C3C2)C1OCC1CCCCC1. The van der Waals surface area contributed by atoms with E-state index in [0.29, 0.717) is 36.4 Å². The van der Waals surface area contributed by atoms with Crippen LogP contribution in [0.25, 0.3) is 0 Å². The van der Waals surface area contributed by atoms with Crippen molar-refractivity contribution < 1.29 is 24.5 Å². The lowest BCUT2D eigenvalue weighted by Gasteiger charge is -2.43. The predicted molar refractivity (Wildman–Crippen MR) is 129 cm³/mol. The van der Waals surface area contributed by atoms with Crippen LogP contribution >= 0.6 is 0 Å². The van der Waals surface area contributed by atoms with Crippen molar-refractivity contribution in [2.45, 2.75) is 102 Å². The highest BCUT2D eigenvalue weighted by atomic mass is 16.5. The van der Waals surface area contributed by atoms with Crippen molar-refractivity contribution >= 4 is 5.91 Å². The molecule has 2 heterocycles. The van der Waals surface area contributed by atoms with Gasteiger partial charge in [-0.2, -0.15) is 0 Å². The molecule has 2 aliphatic heterocycles. The van der Waals surface area contributed by atoms with Gasteiger partial charge < -0.3 is 29.9 Å². The summed E-state index contributed by atoms with van der Waals surface area (Å²) in [6.45, 7) is 5.82. The molecule has 0 aromatic rings. The van der Waals surface area contributed by atoms with E-state index in [1.54, 1.807) is 0 Å². The predicted octanol–water partition coefficient (Wildman–Crippen LogP) is 2.34. The van der Waals surface area contributed by atoms with Crippen molar-refractivity contribution in [2.24, 2.45) is 29.6 Å². The Bertz CT molecular complexity index is 680. The zero-order chi connectivity index (χ0) is 23.7. The van der Waals surface area contributed by atoms with E-state index in [2.05, 4.69) is 5.32 Å². The fourth-order valence-corrected chi connectivity index (χ4v) is 7.57. The Hall–Kier alpha value is -0.730. The van der Waals surface area contributed by atoms with E-state index in [1.165, 1.54) is 51.4 Å². The molecule has 9 atom stereocenters. The van der Waals surface area contributed by atoms with Gasteiger partial charge >= 0.3 is 0 Å². The summed E-state index contributed by atoms with van der Waals surface area (Å²) < 4.78 is 12.0. The van der Waals surface area contributed by atoms with Gasteiger partial charge in [0.15, 0.2) is 0 Å². The average Bonchev–Trinajstić information content (AvgIpc) is 3.51. The zero-order valence-electron chi connectivity index (χ0n) is 20.9. The number of nitrogens with one attached hydrogen (secondary N) is 1. The summed E-state index contributed by atoms with van der Waals surface area (Å²) in [6, 6.07) is 0.882. The second kappa shape index (κ2) is 11.1. The molecular formula is C27H46N2O5. The smallest absolute Gasteiger partial charge is 0.230 e. The van der Waals surface area contributed by atoms with Crippen LogP contribution < -0.4 is 5.32 Å². The summed E-state index contributed by atoms with van der Waals surface area (Å²) in [5.74, 6) is 0.858. The molecule has 1 amide bonds. The van der Waals surface area contributed by atoms with Crippen LogP contribution in [0.2, 0.25) is 0 Å². The number of ether oxygens (including phenoxy) is 2. The highest BCUT2D eigenvalue weighted by Gasteiger charge is 2.50. The van der Waals surface area contributed by atoms with Gasteiger partial charge in [-0.25, -0.2) is 0 Å². The summed E-state index contributed by atoms with van der Waals surface area (Å²) in [4.78, 5) is 15.9. The number of carbonyl (C=O) groups is 1. The van der Waals surface area contributed by atoms with Gasteiger partial charge in [-0.1, -0.05) is 32.6 Å². The fraction of sp³-hybridized carbons (Fsp3) is 0.963. The first-order chi connectivity index (χ1) is 16.5. The maximum absolute atomic E-state index is 13.9. The van der Waals surface area contributed by atoms with E-state index in [9.17, 15) is 15.0 Å². The molecule has 2 saturated heterocycles. The lowest BCUT2D eigenvalue weighted by Crippen LogP contribution is -2.56. The van der Waals surface area contributed by atoms with Gasteiger partial charge in [0, 0.05) is 50.7 Å². The molecule has 194 valence electrons. The molecular weight excluding hydrogens is 432 g/mol. The molecule has 0 bridgehead atoms. The molecule has 5 aliphatic rings. The van der Waals surface area contributed by atoms with Crippen LogP contribution in [-0.2, 0) is 14.3 Å². The zero-order valence-corrected chi connectivity index (χ0v) is 20.9. The van der Waals surface area contributed by atoms with Gasteiger partial charge in [0.1, 0.15) is 0 Å². The molecule has 7 nitrogen and oxygen atoms in total. The van der Waals surface area contributed by atoms with Crippen LogP contribution in [0.3, 0.4) is 0 Å². The second-order valence-electron chi connectivity index (χ2n) is 12.0. The maximum atomic E-state index is 13.9. The van der Waals surface area contributed by atoms with E-state index in [1.807, 2.05) is 11.8 Å². The van der Waals surface area contributed by atoms with Gasteiger partial charge in [0.2, 0.25) is 5.91 Å². The van der Waals surface area contributed by atoms with Crippen molar-refractivity contribution in [3.8, 4) is 0 Å². The van der Waals surface area contributed by atoms with Gasteiger partial charge in [-0.3, -0.25) is 4.79 Å². The lowest BCUT2D eigenvalue weighted by atomic mass is 9.75. The first-order valence-electron chi connectivity index (χ1n) is 14.1. The van der Waals surface area contributed by atoms with E-state index >= 15 is 0 Å². The van der Waals surface area contributed by atoms with Crippen LogP contribution in [0.5, 0.6) is 0 Å². The van der Waals surface area contributed by atoms with Crippen molar-refractivity contribution in [3.63, 3.8) is 0 Å². The number of fused-ring (bicyclic) bond motifs is 1. The molecule has 3 N–H and O–H groups in total. The topological polar surface area (TPSA) is 91.3 Å². The molecule has 0 aromatic heterocycles. The minimum absolute atomic E-state index is 0.0391. The third kappa shape index (κ3) is 5.34. The van der Waals surface area contributed by atoms with E-state index in [0.717, 1.165) is 32.7 Å². The van der Waals surface area contributed by atoms with Crippen LogP contribution in [0.15, 0.2) is 0 Å². The Labute approximate surface area is 204 Å². The molecule has 5 rings (SSSR count). The van der Waals surface area contributed by atoms with Gasteiger partial charge in [0.05, 0.1) is 30.8 Å². The van der Waals surface area contributed by atoms with Gasteiger partial charge in [-0.05, 0) is 49.9 Å². The average molecular weight is 479 g/mol. The van der Waals surface area contributed by atoms with Gasteiger partial charge in [0.25, 0.3) is 0 Å². The number of amides is 1. The van der Waals surface area contributed by atoms with Crippen molar-refractivity contribution in [1.82, 2.24) is 10.2 Å². The molecule has 7 heteroatoms. The Morgan fingerprint density at radius 2 is 1.85 bits per heavy atom. The van der Waals surface area contributed by atoms with E-state index < -0.39 is 24.2 Å². The van der Waals surface area contributed by atoms with Gasteiger partial charge in [-0.15, -0.1) is 0 Å². The second-order valence-corrected chi connectivity index (χ2v) is 12.0. The number of rotatable bonds is 6. The Kier molecular flexibility index (Phi) is 8.16. The largest absolute Gasteiger partial charge is 0.393 e. The highest BCUT2D eigenvalue weighted by Crippen LogP contribution is 2.40. The lowest BCUT2D eigenvalue weighted by molar-refractivity contribution is -0.169. The van der Waals surface area contributed by atoms with Crippen LogP contribution in [0.1, 0.15) is 71.1 Å². The fourth-order valence-electron chi connectivity index (χ4n) is 7.57. The number of hydrogen-bond donors (Lipinski definition) is 3. The van der Waals surface area contributed by atoms with Crippen LogP contribution in [-0.4, -0.2) is 84.3 Å². The summed E-state index contributed by atoms with van der Waals surface area (Å²) in [5, 5.41) is 25.4. The minimum Gasteiger partial charge on any atom is -0.393 e. The molecule has 3 aliphatic carbocycles. The standard InChI is InChI=1S/C27H46N2O5/c1-17-23(30)12-24(31)25(26(17)34-15-18-6-3-2-4-7-18)27(32)29-13-19-8-5-9-22(21(19)14-29)28-20-10-11-33-16-20/h17-26,28,30-31H,2-16H2,1H3. The monoisotopic (exact) mass is 478 g/mol. The number of aliphatic hydroxyl groups is 2. The Morgan fingerprint density at radius 3 is 2.62 bits per heavy atom. The summed E-state index contributed by atoms with van der Waals surface area (Å²) in [5.41, 5.74) is 0. The molecule has 0 aromatic carbocycles. The van der Waals surface area contributed by atoms with Crippen LogP contribution in [0.4, 0.5) is 0 Å². The van der Waals surface area contributed by atoms with Crippen molar-refractivity contribution in [3.05, 3.63) is 0 Å². The normalized spacial score (nSPS) is 43.7. The molecule has 34 heavy (non-hydrogen) atoms. The van der Waals surface area contributed by atoms with Crippen molar-refractivity contribution in [1.29, 1.82) is 0 Å². The van der Waals surface area contributed by atoms with E-state index in [-0.39, 0.29) is 18.2 Å². The first-order valence-corrected chi connectivity index (χ1v) is 14.1. The highest BCUT2D eigenvalue weighted by molar-refractivity contribution is 5.80. The first kappa shape index (κ1) is 24.9. The molecule has 3 saturated carbocycles. The minimum atomic E-state index is -0.845. The number of carbonyl (C=O) groups excluding carboxylic acids is 1.